The van der Waals surface area contributed by atoms with Crippen LogP contribution in [0.15, 0.2) is 0 Å². The lowest BCUT2D eigenvalue weighted by atomic mass is 9.96. The third-order valence-corrected chi connectivity index (χ3v) is 3.53. The fourth-order valence-electron chi connectivity index (χ4n) is 2.33. The van der Waals surface area contributed by atoms with Crippen LogP contribution >= 0.6 is 0 Å². The number of hydrogen-bond acceptors (Lipinski definition) is 3. The summed E-state index contributed by atoms with van der Waals surface area (Å²) in [6, 6.07) is 0. The molecule has 0 aromatic carbocycles. The first-order chi connectivity index (χ1) is 9.45. The van der Waals surface area contributed by atoms with Crippen molar-refractivity contribution in [2.24, 2.45) is 11.8 Å². The molecule has 0 radical (unpaired) electrons. The third-order valence-electron chi connectivity index (χ3n) is 3.53. The molecule has 114 valence electrons. The second kappa shape index (κ2) is 7.87. The first-order valence-electron chi connectivity index (χ1n) is 7.22. The molecule has 6 heteroatoms. The third kappa shape index (κ3) is 4.83. The number of carbonyl (C=O) groups excluding carboxylic acids is 3. The number of nitrogens with zero attached hydrogens (tertiary/aromatic N) is 1. The van der Waals surface area contributed by atoms with E-state index in [1.807, 2.05) is 13.8 Å². The quantitative estimate of drug-likeness (QED) is 0.753. The number of amides is 3. The molecule has 1 atom stereocenters. The summed E-state index contributed by atoms with van der Waals surface area (Å²) in [4.78, 5) is 36.8. The van der Waals surface area contributed by atoms with Gasteiger partial charge in [-0.1, -0.05) is 13.8 Å². The number of rotatable bonds is 5. The van der Waals surface area contributed by atoms with Crippen LogP contribution in [0.3, 0.4) is 0 Å². The Morgan fingerprint density at radius 3 is 2.60 bits per heavy atom. The molecule has 1 saturated heterocycles. The van der Waals surface area contributed by atoms with Gasteiger partial charge in [-0.3, -0.25) is 14.4 Å². The van der Waals surface area contributed by atoms with Crippen LogP contribution in [0, 0.1) is 11.8 Å². The Labute approximate surface area is 120 Å². The standard InChI is InChI=1S/C14H25N3O3/c1-10(2)14(20)17-8-4-5-11(9-17)13(19)16-7-6-12(18)15-3/h10-11H,4-9H2,1-3H3,(H,15,18)(H,16,19)/t11-/m1/s1. The van der Waals surface area contributed by atoms with Crippen LogP contribution in [0.1, 0.15) is 33.1 Å². The van der Waals surface area contributed by atoms with Gasteiger partial charge in [0.15, 0.2) is 0 Å². The lowest BCUT2D eigenvalue weighted by Gasteiger charge is -2.33. The Bertz CT molecular complexity index is 369. The molecule has 1 aliphatic rings. The van der Waals surface area contributed by atoms with Gasteiger partial charge >= 0.3 is 0 Å². The van der Waals surface area contributed by atoms with Crippen molar-refractivity contribution >= 4 is 17.7 Å². The SMILES string of the molecule is CNC(=O)CCNC(=O)[C@@H]1CCCN(C(=O)C(C)C)C1. The maximum absolute atomic E-state index is 12.0. The van der Waals surface area contributed by atoms with Crippen molar-refractivity contribution < 1.29 is 14.4 Å². The topological polar surface area (TPSA) is 78.5 Å². The van der Waals surface area contributed by atoms with Crippen LogP contribution in [-0.2, 0) is 14.4 Å². The Balaban J connectivity index is 2.40. The number of piperidine rings is 1. The molecule has 0 saturated carbocycles. The molecular formula is C14H25N3O3. The summed E-state index contributed by atoms with van der Waals surface area (Å²) in [5, 5.41) is 5.28. The van der Waals surface area contributed by atoms with Crippen LogP contribution in [0.25, 0.3) is 0 Å². The van der Waals surface area contributed by atoms with Crippen molar-refractivity contribution in [2.75, 3.05) is 26.7 Å². The Morgan fingerprint density at radius 1 is 1.30 bits per heavy atom. The molecule has 1 fully saturated rings. The maximum atomic E-state index is 12.0. The summed E-state index contributed by atoms with van der Waals surface area (Å²) in [6.07, 6.45) is 1.93. The van der Waals surface area contributed by atoms with E-state index in [9.17, 15) is 14.4 Å². The van der Waals surface area contributed by atoms with Crippen molar-refractivity contribution in [1.29, 1.82) is 0 Å². The van der Waals surface area contributed by atoms with Gasteiger partial charge in [-0.2, -0.15) is 0 Å². The smallest absolute Gasteiger partial charge is 0.225 e. The zero-order chi connectivity index (χ0) is 15.1. The summed E-state index contributed by atoms with van der Waals surface area (Å²) < 4.78 is 0. The van der Waals surface area contributed by atoms with Crippen molar-refractivity contribution in [1.82, 2.24) is 15.5 Å². The van der Waals surface area contributed by atoms with E-state index in [-0.39, 0.29) is 36.0 Å². The summed E-state index contributed by atoms with van der Waals surface area (Å²) >= 11 is 0. The minimum Gasteiger partial charge on any atom is -0.359 e. The van der Waals surface area contributed by atoms with Crippen LogP contribution in [0.4, 0.5) is 0 Å². The lowest BCUT2D eigenvalue weighted by Crippen LogP contribution is -2.47. The predicted molar refractivity (Wildman–Crippen MR) is 75.8 cm³/mol. The predicted octanol–water partition coefficient (Wildman–Crippen LogP) is 0.133. The lowest BCUT2D eigenvalue weighted by molar-refractivity contribution is -0.138. The second-order valence-electron chi connectivity index (χ2n) is 5.49. The molecule has 1 rings (SSSR count). The molecule has 0 aliphatic carbocycles. The normalized spacial score (nSPS) is 18.8. The van der Waals surface area contributed by atoms with Crippen molar-refractivity contribution in [3.8, 4) is 0 Å². The maximum Gasteiger partial charge on any atom is 0.225 e. The molecule has 2 N–H and O–H groups in total. The number of carbonyl (C=O) groups is 3. The summed E-state index contributed by atoms with van der Waals surface area (Å²) in [7, 11) is 1.57. The molecule has 0 bridgehead atoms. The average Bonchev–Trinajstić information content (AvgIpc) is 2.46. The zero-order valence-corrected chi connectivity index (χ0v) is 12.6. The van der Waals surface area contributed by atoms with Crippen LogP contribution in [0.2, 0.25) is 0 Å². The fourth-order valence-corrected chi connectivity index (χ4v) is 2.33. The minimum atomic E-state index is -0.156. The van der Waals surface area contributed by atoms with Crippen molar-refractivity contribution in [3.63, 3.8) is 0 Å². The molecule has 6 nitrogen and oxygen atoms in total. The number of likely N-dealkylation sites (tertiary alicyclic amines) is 1. The average molecular weight is 283 g/mol. The van der Waals surface area contributed by atoms with Crippen LogP contribution in [0.5, 0.6) is 0 Å². The summed E-state index contributed by atoms with van der Waals surface area (Å²) in [5.41, 5.74) is 0. The summed E-state index contributed by atoms with van der Waals surface area (Å²) in [6.45, 7) is 5.31. The van der Waals surface area contributed by atoms with Gasteiger partial charge < -0.3 is 15.5 Å². The van der Waals surface area contributed by atoms with E-state index in [4.69, 9.17) is 0 Å². The summed E-state index contributed by atoms with van der Waals surface area (Å²) in [5.74, 6) is -0.241. The van der Waals surface area contributed by atoms with Gasteiger partial charge in [-0.05, 0) is 12.8 Å². The van der Waals surface area contributed by atoms with Gasteiger partial charge in [-0.25, -0.2) is 0 Å². The van der Waals surface area contributed by atoms with Crippen LogP contribution in [-0.4, -0.2) is 49.3 Å². The monoisotopic (exact) mass is 283 g/mol. The Morgan fingerprint density at radius 2 is 2.00 bits per heavy atom. The van der Waals surface area contributed by atoms with E-state index in [0.29, 0.717) is 13.1 Å². The first-order valence-corrected chi connectivity index (χ1v) is 7.22. The van der Waals surface area contributed by atoms with Gasteiger partial charge in [0, 0.05) is 39.0 Å². The molecule has 1 heterocycles. The fraction of sp³-hybridized carbons (Fsp3) is 0.786. The highest BCUT2D eigenvalue weighted by molar-refractivity contribution is 5.82. The Hall–Kier alpha value is -1.59. The molecule has 0 aromatic heterocycles. The Kier molecular flexibility index (Phi) is 6.48. The second-order valence-corrected chi connectivity index (χ2v) is 5.49. The molecule has 3 amide bonds. The minimum absolute atomic E-state index is 0.0370. The van der Waals surface area contributed by atoms with E-state index in [1.165, 1.54) is 0 Å². The van der Waals surface area contributed by atoms with Gasteiger partial charge in [-0.15, -0.1) is 0 Å². The molecule has 0 unspecified atom stereocenters. The van der Waals surface area contributed by atoms with Crippen LogP contribution < -0.4 is 10.6 Å². The van der Waals surface area contributed by atoms with Gasteiger partial charge in [0.1, 0.15) is 0 Å². The molecule has 0 aromatic rings. The highest BCUT2D eigenvalue weighted by Gasteiger charge is 2.29. The highest BCUT2D eigenvalue weighted by atomic mass is 16.2. The van der Waals surface area contributed by atoms with Gasteiger partial charge in [0.2, 0.25) is 17.7 Å². The zero-order valence-electron chi connectivity index (χ0n) is 12.6. The highest BCUT2D eigenvalue weighted by Crippen LogP contribution is 2.18. The largest absolute Gasteiger partial charge is 0.359 e. The van der Waals surface area contributed by atoms with E-state index in [0.717, 1.165) is 19.4 Å². The molecule has 20 heavy (non-hydrogen) atoms. The number of hydrogen-bond donors (Lipinski definition) is 2. The van der Waals surface area contributed by atoms with E-state index >= 15 is 0 Å². The van der Waals surface area contributed by atoms with Crippen molar-refractivity contribution in [2.45, 2.75) is 33.1 Å². The van der Waals surface area contributed by atoms with Crippen molar-refractivity contribution in [3.05, 3.63) is 0 Å². The molecular weight excluding hydrogens is 258 g/mol. The molecule has 1 aliphatic heterocycles. The first kappa shape index (κ1) is 16.5. The van der Waals surface area contributed by atoms with E-state index in [1.54, 1.807) is 11.9 Å². The molecule has 0 spiro atoms. The van der Waals surface area contributed by atoms with E-state index < -0.39 is 0 Å². The van der Waals surface area contributed by atoms with Gasteiger partial charge in [0.05, 0.1) is 5.92 Å². The van der Waals surface area contributed by atoms with E-state index in [2.05, 4.69) is 10.6 Å². The number of nitrogens with one attached hydrogen (secondary N) is 2. The van der Waals surface area contributed by atoms with Gasteiger partial charge in [0.25, 0.3) is 0 Å².